The third-order valence-electron chi connectivity index (χ3n) is 4.67. The predicted molar refractivity (Wildman–Crippen MR) is 89.7 cm³/mol. The Morgan fingerprint density at radius 3 is 2.62 bits per heavy atom. The number of fused-ring (bicyclic) bond motifs is 1. The molecular formula is C20H25N. The molecule has 0 radical (unpaired) electrons. The topological polar surface area (TPSA) is 12.0 Å². The van der Waals surface area contributed by atoms with E-state index in [4.69, 9.17) is 0 Å². The number of aryl methyl sites for hydroxylation is 1. The average Bonchev–Trinajstić information content (AvgIpc) is 2.55. The van der Waals surface area contributed by atoms with Crippen LogP contribution in [0.1, 0.15) is 42.4 Å². The summed E-state index contributed by atoms with van der Waals surface area (Å²) in [6, 6.07) is 20.5. The standard InChI is InChI=1S/C20H25N/c1-2-21-20(15-16-9-4-3-5-10-16)19-14-8-12-17-11-6-7-13-18(17)19/h3-7,9-11,13,19-21H,2,8,12,14-15H2,1H3. The van der Waals surface area contributed by atoms with Crippen LogP contribution < -0.4 is 5.32 Å². The van der Waals surface area contributed by atoms with E-state index < -0.39 is 0 Å². The van der Waals surface area contributed by atoms with Crippen molar-refractivity contribution in [1.82, 2.24) is 5.32 Å². The summed E-state index contributed by atoms with van der Waals surface area (Å²) in [5.74, 6) is 0.648. The third-order valence-corrected chi connectivity index (χ3v) is 4.67. The molecule has 0 heterocycles. The zero-order valence-electron chi connectivity index (χ0n) is 12.9. The van der Waals surface area contributed by atoms with Gasteiger partial charge in [-0.2, -0.15) is 0 Å². The molecule has 1 heteroatoms. The first-order valence-electron chi connectivity index (χ1n) is 8.23. The van der Waals surface area contributed by atoms with E-state index in [1.165, 1.54) is 24.8 Å². The van der Waals surface area contributed by atoms with Gasteiger partial charge in [0.2, 0.25) is 0 Å². The van der Waals surface area contributed by atoms with E-state index >= 15 is 0 Å². The first-order chi connectivity index (χ1) is 10.4. The van der Waals surface area contributed by atoms with Gasteiger partial charge in [-0.15, -0.1) is 0 Å². The van der Waals surface area contributed by atoms with E-state index in [9.17, 15) is 0 Å². The monoisotopic (exact) mass is 279 g/mol. The lowest BCUT2D eigenvalue weighted by molar-refractivity contribution is 0.396. The number of likely N-dealkylation sites (N-methyl/N-ethyl adjacent to an activating group) is 1. The van der Waals surface area contributed by atoms with Gasteiger partial charge in [0.25, 0.3) is 0 Å². The number of nitrogens with one attached hydrogen (secondary N) is 1. The average molecular weight is 279 g/mol. The predicted octanol–water partition coefficient (Wildman–Crippen LogP) is 4.33. The first kappa shape index (κ1) is 14.3. The normalized spacial score (nSPS) is 19.0. The number of hydrogen-bond donors (Lipinski definition) is 1. The highest BCUT2D eigenvalue weighted by molar-refractivity contribution is 5.34. The second-order valence-corrected chi connectivity index (χ2v) is 6.05. The Labute approximate surface area is 128 Å². The van der Waals surface area contributed by atoms with Gasteiger partial charge in [0.1, 0.15) is 0 Å². The Balaban J connectivity index is 1.84. The quantitative estimate of drug-likeness (QED) is 0.859. The molecule has 110 valence electrons. The molecule has 0 aromatic heterocycles. The maximum absolute atomic E-state index is 3.74. The van der Waals surface area contributed by atoms with Crippen molar-refractivity contribution in [2.45, 2.75) is 44.6 Å². The van der Waals surface area contributed by atoms with Gasteiger partial charge >= 0.3 is 0 Å². The molecule has 3 rings (SSSR count). The Kier molecular flexibility index (Phi) is 4.72. The Morgan fingerprint density at radius 1 is 1.05 bits per heavy atom. The van der Waals surface area contributed by atoms with Crippen LogP contribution in [0.2, 0.25) is 0 Å². The summed E-state index contributed by atoms with van der Waals surface area (Å²) >= 11 is 0. The van der Waals surface area contributed by atoms with Gasteiger partial charge < -0.3 is 5.32 Å². The fraction of sp³-hybridized carbons (Fsp3) is 0.400. The largest absolute Gasteiger partial charge is 0.313 e. The van der Waals surface area contributed by atoms with Crippen LogP contribution in [-0.2, 0) is 12.8 Å². The minimum atomic E-state index is 0.541. The van der Waals surface area contributed by atoms with Gasteiger partial charge in [0, 0.05) is 6.04 Å². The summed E-state index contributed by atoms with van der Waals surface area (Å²) in [5, 5.41) is 3.74. The van der Waals surface area contributed by atoms with E-state index in [1.54, 1.807) is 11.1 Å². The molecule has 0 aliphatic heterocycles. The molecule has 0 amide bonds. The highest BCUT2D eigenvalue weighted by atomic mass is 14.9. The lowest BCUT2D eigenvalue weighted by Crippen LogP contribution is -2.38. The fourth-order valence-electron chi connectivity index (χ4n) is 3.70. The first-order valence-corrected chi connectivity index (χ1v) is 8.23. The maximum atomic E-state index is 3.74. The SMILES string of the molecule is CCNC(Cc1ccccc1)C1CCCc2ccccc21. The van der Waals surface area contributed by atoms with Crippen molar-refractivity contribution in [3.05, 3.63) is 71.3 Å². The van der Waals surface area contributed by atoms with E-state index in [2.05, 4.69) is 66.8 Å². The molecule has 1 aliphatic rings. The zero-order chi connectivity index (χ0) is 14.5. The molecule has 1 aliphatic carbocycles. The lowest BCUT2D eigenvalue weighted by Gasteiger charge is -2.33. The fourth-order valence-corrected chi connectivity index (χ4v) is 3.70. The van der Waals surface area contributed by atoms with Crippen molar-refractivity contribution in [3.8, 4) is 0 Å². The van der Waals surface area contributed by atoms with Gasteiger partial charge in [0.15, 0.2) is 0 Å². The summed E-state index contributed by atoms with van der Waals surface area (Å²) in [6.07, 6.45) is 4.99. The molecule has 2 aromatic rings. The van der Waals surface area contributed by atoms with Crippen LogP contribution in [-0.4, -0.2) is 12.6 Å². The lowest BCUT2D eigenvalue weighted by atomic mass is 9.77. The molecular weight excluding hydrogens is 254 g/mol. The van der Waals surface area contributed by atoms with Crippen LogP contribution in [0.25, 0.3) is 0 Å². The van der Waals surface area contributed by atoms with Gasteiger partial charge in [-0.3, -0.25) is 0 Å². The summed E-state index contributed by atoms with van der Waals surface area (Å²) < 4.78 is 0. The molecule has 21 heavy (non-hydrogen) atoms. The van der Waals surface area contributed by atoms with E-state index in [-0.39, 0.29) is 0 Å². The molecule has 0 bridgehead atoms. The highest BCUT2D eigenvalue weighted by Crippen LogP contribution is 2.35. The van der Waals surface area contributed by atoms with Crippen LogP contribution in [0.5, 0.6) is 0 Å². The van der Waals surface area contributed by atoms with Crippen molar-refractivity contribution < 1.29 is 0 Å². The minimum Gasteiger partial charge on any atom is -0.313 e. The third kappa shape index (κ3) is 3.36. The molecule has 0 saturated heterocycles. The molecule has 0 fully saturated rings. The van der Waals surface area contributed by atoms with Gasteiger partial charge in [-0.25, -0.2) is 0 Å². The molecule has 0 spiro atoms. The van der Waals surface area contributed by atoms with Crippen molar-refractivity contribution in [2.24, 2.45) is 0 Å². The van der Waals surface area contributed by atoms with Crippen molar-refractivity contribution in [1.29, 1.82) is 0 Å². The molecule has 2 aromatic carbocycles. The van der Waals surface area contributed by atoms with Crippen LogP contribution in [0, 0.1) is 0 Å². The second-order valence-electron chi connectivity index (χ2n) is 6.05. The second kappa shape index (κ2) is 6.91. The summed E-state index contributed by atoms with van der Waals surface area (Å²) in [5.41, 5.74) is 4.57. The highest BCUT2D eigenvalue weighted by Gasteiger charge is 2.27. The number of rotatable bonds is 5. The summed E-state index contributed by atoms with van der Waals surface area (Å²) in [7, 11) is 0. The van der Waals surface area contributed by atoms with Gasteiger partial charge in [0.05, 0.1) is 0 Å². The molecule has 1 nitrogen and oxygen atoms in total. The van der Waals surface area contributed by atoms with Crippen LogP contribution >= 0.6 is 0 Å². The molecule has 2 unspecified atom stereocenters. The number of benzene rings is 2. The summed E-state index contributed by atoms with van der Waals surface area (Å²) in [4.78, 5) is 0. The Bertz CT molecular complexity index is 561. The van der Waals surface area contributed by atoms with Crippen molar-refractivity contribution in [3.63, 3.8) is 0 Å². The van der Waals surface area contributed by atoms with E-state index in [0.29, 0.717) is 12.0 Å². The van der Waals surface area contributed by atoms with E-state index in [1.807, 2.05) is 0 Å². The molecule has 1 N–H and O–H groups in total. The molecule has 0 saturated carbocycles. The Hall–Kier alpha value is -1.60. The van der Waals surface area contributed by atoms with Crippen molar-refractivity contribution >= 4 is 0 Å². The van der Waals surface area contributed by atoms with Crippen LogP contribution in [0.3, 0.4) is 0 Å². The Morgan fingerprint density at radius 2 is 1.81 bits per heavy atom. The zero-order valence-corrected chi connectivity index (χ0v) is 12.9. The van der Waals surface area contributed by atoms with Crippen LogP contribution in [0.15, 0.2) is 54.6 Å². The van der Waals surface area contributed by atoms with Gasteiger partial charge in [-0.1, -0.05) is 61.5 Å². The molecule has 2 atom stereocenters. The minimum absolute atomic E-state index is 0.541. The summed E-state index contributed by atoms with van der Waals surface area (Å²) in [6.45, 7) is 3.25. The van der Waals surface area contributed by atoms with Crippen molar-refractivity contribution in [2.75, 3.05) is 6.54 Å². The van der Waals surface area contributed by atoms with E-state index in [0.717, 1.165) is 13.0 Å². The maximum Gasteiger partial charge on any atom is 0.0176 e. The smallest absolute Gasteiger partial charge is 0.0176 e. The van der Waals surface area contributed by atoms with Gasteiger partial charge in [-0.05, 0) is 54.8 Å². The number of hydrogen-bond acceptors (Lipinski definition) is 1. The van der Waals surface area contributed by atoms with Crippen LogP contribution in [0.4, 0.5) is 0 Å².